The maximum absolute atomic E-state index is 13.8. The highest BCUT2D eigenvalue weighted by Gasteiger charge is 2.17. The molecule has 1 aliphatic rings. The minimum atomic E-state index is -0.282. The lowest BCUT2D eigenvalue weighted by molar-refractivity contribution is 0.122. The summed E-state index contributed by atoms with van der Waals surface area (Å²) in [6.45, 7) is 6.95. The predicted molar refractivity (Wildman–Crippen MR) is 106 cm³/mol. The van der Waals surface area contributed by atoms with E-state index in [-0.39, 0.29) is 11.9 Å². The van der Waals surface area contributed by atoms with Crippen molar-refractivity contribution in [3.8, 4) is 11.4 Å². The molecule has 0 radical (unpaired) electrons. The number of benzene rings is 2. The Morgan fingerprint density at radius 3 is 2.75 bits per heavy atom. The summed E-state index contributed by atoms with van der Waals surface area (Å²) in [6, 6.07) is 13.0. The fourth-order valence-corrected chi connectivity index (χ4v) is 3.19. The summed E-state index contributed by atoms with van der Waals surface area (Å²) in [5.41, 5.74) is 3.31. The van der Waals surface area contributed by atoms with Crippen molar-refractivity contribution in [1.82, 2.24) is 10.1 Å². The second-order valence-electron chi connectivity index (χ2n) is 6.94. The first-order valence-corrected chi connectivity index (χ1v) is 9.39. The van der Waals surface area contributed by atoms with E-state index in [0.29, 0.717) is 22.8 Å². The first-order valence-electron chi connectivity index (χ1n) is 9.39. The summed E-state index contributed by atoms with van der Waals surface area (Å²) in [5, 5.41) is 7.39. The molecule has 0 saturated carbocycles. The van der Waals surface area contributed by atoms with E-state index in [1.54, 1.807) is 19.1 Å². The van der Waals surface area contributed by atoms with Crippen molar-refractivity contribution in [2.24, 2.45) is 0 Å². The highest BCUT2D eigenvalue weighted by molar-refractivity contribution is 5.59. The lowest BCUT2D eigenvalue weighted by atomic mass is 10.1. The minimum Gasteiger partial charge on any atom is -0.378 e. The number of aryl methyl sites for hydroxylation is 1. The molecule has 2 aromatic carbocycles. The summed E-state index contributed by atoms with van der Waals surface area (Å²) in [5.74, 6) is 0.548. The molecule has 1 fully saturated rings. The predicted octanol–water partition coefficient (Wildman–Crippen LogP) is 4.19. The van der Waals surface area contributed by atoms with Gasteiger partial charge in [0.25, 0.3) is 0 Å². The lowest BCUT2D eigenvalue weighted by Gasteiger charge is -2.29. The first-order chi connectivity index (χ1) is 13.6. The molecule has 7 heteroatoms. The van der Waals surface area contributed by atoms with Crippen LogP contribution in [0.15, 0.2) is 47.0 Å². The molecule has 1 saturated heterocycles. The average Bonchev–Trinajstić information content (AvgIpc) is 3.21. The molecule has 1 aromatic heterocycles. The Morgan fingerprint density at radius 2 is 1.96 bits per heavy atom. The molecule has 2 heterocycles. The molecule has 1 aliphatic heterocycles. The van der Waals surface area contributed by atoms with E-state index in [9.17, 15) is 4.39 Å². The van der Waals surface area contributed by atoms with Gasteiger partial charge < -0.3 is 19.5 Å². The smallest absolute Gasteiger partial charge is 0.249 e. The summed E-state index contributed by atoms with van der Waals surface area (Å²) in [6.07, 6.45) is 0. The molecule has 3 aromatic rings. The van der Waals surface area contributed by atoms with Gasteiger partial charge in [0.05, 0.1) is 13.2 Å². The van der Waals surface area contributed by atoms with Gasteiger partial charge in [0.15, 0.2) is 0 Å². The van der Waals surface area contributed by atoms with Gasteiger partial charge in [-0.05, 0) is 43.7 Å². The number of ether oxygens (including phenoxy) is 1. The Kier molecular flexibility index (Phi) is 5.25. The van der Waals surface area contributed by atoms with Gasteiger partial charge in [0, 0.05) is 30.0 Å². The third-order valence-electron chi connectivity index (χ3n) is 4.85. The number of halogens is 1. The molecule has 0 aliphatic carbocycles. The number of hydrogen-bond donors (Lipinski definition) is 1. The third-order valence-corrected chi connectivity index (χ3v) is 4.85. The van der Waals surface area contributed by atoms with Crippen LogP contribution in [-0.2, 0) is 4.74 Å². The van der Waals surface area contributed by atoms with Crippen LogP contribution in [0.5, 0.6) is 0 Å². The SMILES string of the molecule is Cc1ccc(-c2noc(C(C)Nc3cccc(N4CCOCC4)c3)n2)cc1F. The fourth-order valence-electron chi connectivity index (χ4n) is 3.19. The van der Waals surface area contributed by atoms with Gasteiger partial charge in [-0.25, -0.2) is 4.39 Å². The number of hydrogen-bond acceptors (Lipinski definition) is 6. The number of rotatable bonds is 5. The highest BCUT2D eigenvalue weighted by atomic mass is 19.1. The number of nitrogens with one attached hydrogen (secondary N) is 1. The fraction of sp³-hybridized carbons (Fsp3) is 0.333. The van der Waals surface area contributed by atoms with Crippen LogP contribution in [0.3, 0.4) is 0 Å². The van der Waals surface area contributed by atoms with E-state index in [1.807, 2.05) is 19.1 Å². The molecule has 146 valence electrons. The van der Waals surface area contributed by atoms with Gasteiger partial charge in [0.2, 0.25) is 11.7 Å². The number of morpholine rings is 1. The van der Waals surface area contributed by atoms with Crippen LogP contribution in [0.25, 0.3) is 11.4 Å². The largest absolute Gasteiger partial charge is 0.378 e. The maximum Gasteiger partial charge on any atom is 0.249 e. The van der Waals surface area contributed by atoms with E-state index in [1.165, 1.54) is 6.07 Å². The van der Waals surface area contributed by atoms with E-state index in [0.717, 1.165) is 37.7 Å². The average molecular weight is 382 g/mol. The number of anilines is 2. The molecule has 1 unspecified atom stereocenters. The molecular formula is C21H23FN4O2. The van der Waals surface area contributed by atoms with E-state index in [4.69, 9.17) is 9.26 Å². The van der Waals surface area contributed by atoms with Crippen molar-refractivity contribution in [3.05, 3.63) is 59.7 Å². The number of nitrogens with zero attached hydrogens (tertiary/aromatic N) is 3. The Balaban J connectivity index is 1.47. The van der Waals surface area contributed by atoms with Gasteiger partial charge >= 0.3 is 0 Å². The van der Waals surface area contributed by atoms with Crippen molar-refractivity contribution < 1.29 is 13.7 Å². The molecule has 28 heavy (non-hydrogen) atoms. The Hall–Kier alpha value is -2.93. The summed E-state index contributed by atoms with van der Waals surface area (Å²) in [4.78, 5) is 6.73. The van der Waals surface area contributed by atoms with Crippen molar-refractivity contribution in [2.45, 2.75) is 19.9 Å². The molecular weight excluding hydrogens is 359 g/mol. The van der Waals surface area contributed by atoms with E-state index >= 15 is 0 Å². The molecule has 0 spiro atoms. The zero-order valence-electron chi connectivity index (χ0n) is 16.0. The molecule has 6 nitrogen and oxygen atoms in total. The second kappa shape index (κ2) is 7.98. The molecule has 4 rings (SSSR count). The van der Waals surface area contributed by atoms with Gasteiger partial charge in [-0.15, -0.1) is 0 Å². The van der Waals surface area contributed by atoms with E-state index in [2.05, 4.69) is 32.5 Å². The standard InChI is InChI=1S/C21H23FN4O2/c1-14-6-7-16(12-19(14)22)20-24-21(28-25-20)15(2)23-17-4-3-5-18(13-17)26-8-10-27-11-9-26/h3-7,12-13,15,23H,8-11H2,1-2H3. The first kappa shape index (κ1) is 18.4. The monoisotopic (exact) mass is 382 g/mol. The van der Waals surface area contributed by atoms with Crippen LogP contribution < -0.4 is 10.2 Å². The topological polar surface area (TPSA) is 63.4 Å². The Morgan fingerprint density at radius 1 is 1.14 bits per heavy atom. The zero-order chi connectivity index (χ0) is 19.5. The highest BCUT2D eigenvalue weighted by Crippen LogP contribution is 2.25. The third kappa shape index (κ3) is 3.99. The summed E-state index contributed by atoms with van der Waals surface area (Å²) >= 11 is 0. The quantitative estimate of drug-likeness (QED) is 0.714. The van der Waals surface area contributed by atoms with Crippen LogP contribution in [0, 0.1) is 12.7 Å². The summed E-state index contributed by atoms with van der Waals surface area (Å²) < 4.78 is 24.6. The maximum atomic E-state index is 13.8. The van der Waals surface area contributed by atoms with Gasteiger partial charge in [-0.3, -0.25) is 0 Å². The number of aromatic nitrogens is 2. The molecule has 0 amide bonds. The van der Waals surface area contributed by atoms with Gasteiger partial charge in [-0.1, -0.05) is 23.4 Å². The minimum absolute atomic E-state index is 0.184. The van der Waals surface area contributed by atoms with Gasteiger partial charge in [0.1, 0.15) is 11.9 Å². The Bertz CT molecular complexity index is 953. The second-order valence-corrected chi connectivity index (χ2v) is 6.94. The van der Waals surface area contributed by atoms with E-state index < -0.39 is 0 Å². The molecule has 1 N–H and O–H groups in total. The molecule has 1 atom stereocenters. The van der Waals surface area contributed by atoms with Gasteiger partial charge in [-0.2, -0.15) is 4.98 Å². The molecule has 0 bridgehead atoms. The zero-order valence-corrected chi connectivity index (χ0v) is 16.0. The van der Waals surface area contributed by atoms with Crippen molar-refractivity contribution in [2.75, 3.05) is 36.5 Å². The van der Waals surface area contributed by atoms with Crippen molar-refractivity contribution in [3.63, 3.8) is 0 Å². The lowest BCUT2D eigenvalue weighted by Crippen LogP contribution is -2.36. The van der Waals surface area contributed by atoms with Crippen molar-refractivity contribution >= 4 is 11.4 Å². The van der Waals surface area contributed by atoms with Crippen molar-refractivity contribution in [1.29, 1.82) is 0 Å². The Labute approximate surface area is 163 Å². The normalized spacial score (nSPS) is 15.5. The van der Waals surface area contributed by atoms with Crippen LogP contribution in [0.4, 0.5) is 15.8 Å². The van der Waals surface area contributed by atoms with Crippen LogP contribution >= 0.6 is 0 Å². The van der Waals surface area contributed by atoms with Crippen LogP contribution in [0.2, 0.25) is 0 Å². The van der Waals surface area contributed by atoms with Crippen LogP contribution in [-0.4, -0.2) is 36.4 Å². The summed E-state index contributed by atoms with van der Waals surface area (Å²) in [7, 11) is 0. The van der Waals surface area contributed by atoms with Crippen LogP contribution in [0.1, 0.15) is 24.4 Å².